The Morgan fingerprint density at radius 1 is 1.31 bits per heavy atom. The van der Waals surface area contributed by atoms with Crippen molar-refractivity contribution < 1.29 is 21.6 Å². The van der Waals surface area contributed by atoms with Crippen molar-refractivity contribution >= 4 is 21.9 Å². The molecular formula is C16H26F3N7O2S. The van der Waals surface area contributed by atoms with Gasteiger partial charge in [0.15, 0.2) is 5.96 Å². The quantitative estimate of drug-likeness (QED) is 0.330. The van der Waals surface area contributed by atoms with Crippen LogP contribution in [0, 0.1) is 0 Å². The standard InChI is InChI=1S/C16H26F3N7O2S/c1-3-29(27,28)26-10-5-12(6-11-26)24-14(20-2)22-8-9-23-15-21-7-4-13(25-15)16(17,18)19/h4,7,12H,3,5-6,8-11H2,1-2H3,(H2,20,22,24)(H,21,23,25). The number of aliphatic imine (C=N–C) groups is 1. The summed E-state index contributed by atoms with van der Waals surface area (Å²) in [5.41, 5.74) is -1.00. The number of guanidine groups is 1. The zero-order valence-electron chi connectivity index (χ0n) is 16.3. The maximum Gasteiger partial charge on any atom is 0.433 e. The molecule has 0 saturated carbocycles. The molecule has 1 saturated heterocycles. The lowest BCUT2D eigenvalue weighted by atomic mass is 10.1. The number of sulfonamides is 1. The molecule has 3 N–H and O–H groups in total. The Balaban J connectivity index is 1.74. The summed E-state index contributed by atoms with van der Waals surface area (Å²) in [6.07, 6.45) is -2.14. The molecule has 13 heteroatoms. The van der Waals surface area contributed by atoms with Crippen LogP contribution in [0.4, 0.5) is 19.1 Å². The summed E-state index contributed by atoms with van der Waals surface area (Å²) in [5.74, 6) is 0.527. The lowest BCUT2D eigenvalue weighted by Crippen LogP contribution is -2.50. The minimum absolute atomic E-state index is 0.0873. The van der Waals surface area contributed by atoms with Crippen LogP contribution < -0.4 is 16.0 Å². The SMILES string of the molecule is CCS(=O)(=O)N1CCC(NC(=NC)NCCNc2nccc(C(F)(F)F)n2)CC1. The number of rotatable bonds is 7. The second-order valence-electron chi connectivity index (χ2n) is 6.41. The molecule has 0 radical (unpaired) electrons. The van der Waals surface area contributed by atoms with Crippen LogP contribution in [0.1, 0.15) is 25.5 Å². The van der Waals surface area contributed by atoms with Gasteiger partial charge in [-0.05, 0) is 25.8 Å². The fraction of sp³-hybridized carbons (Fsp3) is 0.688. The van der Waals surface area contributed by atoms with Crippen molar-refractivity contribution in [2.75, 3.05) is 44.3 Å². The first kappa shape index (κ1) is 23.1. The number of alkyl halides is 3. The van der Waals surface area contributed by atoms with E-state index >= 15 is 0 Å². The maximum absolute atomic E-state index is 12.6. The van der Waals surface area contributed by atoms with Crippen molar-refractivity contribution in [3.8, 4) is 0 Å². The molecule has 1 aliphatic heterocycles. The van der Waals surface area contributed by atoms with E-state index in [1.165, 1.54) is 4.31 Å². The lowest BCUT2D eigenvalue weighted by molar-refractivity contribution is -0.141. The Hall–Kier alpha value is -2.15. The molecule has 1 aliphatic rings. The average Bonchev–Trinajstić information content (AvgIpc) is 2.70. The van der Waals surface area contributed by atoms with E-state index in [2.05, 4.69) is 30.9 Å². The van der Waals surface area contributed by atoms with Crippen LogP contribution in [0.5, 0.6) is 0 Å². The third kappa shape index (κ3) is 6.99. The molecule has 2 rings (SSSR count). The third-order valence-corrected chi connectivity index (χ3v) is 6.30. The van der Waals surface area contributed by atoms with E-state index in [4.69, 9.17) is 0 Å². The van der Waals surface area contributed by atoms with E-state index in [0.29, 0.717) is 38.4 Å². The van der Waals surface area contributed by atoms with Crippen molar-refractivity contribution in [2.45, 2.75) is 32.0 Å². The largest absolute Gasteiger partial charge is 0.433 e. The Kier molecular flexibility index (Phi) is 8.02. The third-order valence-electron chi connectivity index (χ3n) is 4.42. The molecule has 0 amide bonds. The average molecular weight is 437 g/mol. The van der Waals surface area contributed by atoms with Gasteiger partial charge in [-0.3, -0.25) is 4.99 Å². The van der Waals surface area contributed by atoms with E-state index in [9.17, 15) is 21.6 Å². The van der Waals surface area contributed by atoms with E-state index in [-0.39, 0.29) is 24.3 Å². The molecule has 1 aromatic rings. The van der Waals surface area contributed by atoms with Gasteiger partial charge in [0.1, 0.15) is 5.69 Å². The Labute approximate surface area is 168 Å². The molecule has 1 fully saturated rings. The van der Waals surface area contributed by atoms with Gasteiger partial charge in [-0.15, -0.1) is 0 Å². The topological polar surface area (TPSA) is 112 Å². The van der Waals surface area contributed by atoms with Gasteiger partial charge in [-0.2, -0.15) is 13.2 Å². The van der Waals surface area contributed by atoms with Gasteiger partial charge in [-0.1, -0.05) is 0 Å². The summed E-state index contributed by atoms with van der Waals surface area (Å²) in [6, 6.07) is 0.899. The van der Waals surface area contributed by atoms with Gasteiger partial charge in [-0.25, -0.2) is 22.7 Å². The zero-order valence-corrected chi connectivity index (χ0v) is 17.1. The van der Waals surface area contributed by atoms with Crippen LogP contribution in [0.3, 0.4) is 0 Å². The molecule has 0 unspecified atom stereocenters. The van der Waals surface area contributed by atoms with Gasteiger partial charge in [0.25, 0.3) is 0 Å². The van der Waals surface area contributed by atoms with E-state index in [1.807, 2.05) is 0 Å². The number of halogens is 3. The molecule has 0 aromatic carbocycles. The van der Waals surface area contributed by atoms with Gasteiger partial charge in [0.2, 0.25) is 16.0 Å². The van der Waals surface area contributed by atoms with Crippen LogP contribution >= 0.6 is 0 Å². The van der Waals surface area contributed by atoms with E-state index < -0.39 is 21.9 Å². The fourth-order valence-corrected chi connectivity index (χ4v) is 3.94. The fourth-order valence-electron chi connectivity index (χ4n) is 2.81. The number of nitrogens with one attached hydrogen (secondary N) is 3. The minimum atomic E-state index is -4.52. The first-order valence-corrected chi connectivity index (χ1v) is 10.9. The number of nitrogens with zero attached hydrogens (tertiary/aromatic N) is 4. The Morgan fingerprint density at radius 3 is 2.59 bits per heavy atom. The second-order valence-corrected chi connectivity index (χ2v) is 8.66. The molecule has 0 aliphatic carbocycles. The van der Waals surface area contributed by atoms with Crippen LogP contribution in [0.2, 0.25) is 0 Å². The Bertz CT molecular complexity index is 794. The number of aromatic nitrogens is 2. The van der Waals surface area contributed by atoms with Gasteiger partial charge in [0.05, 0.1) is 5.75 Å². The highest BCUT2D eigenvalue weighted by atomic mass is 32.2. The molecular weight excluding hydrogens is 411 g/mol. The summed E-state index contributed by atoms with van der Waals surface area (Å²) in [6.45, 7) is 3.21. The Morgan fingerprint density at radius 2 is 2.00 bits per heavy atom. The second kappa shape index (κ2) is 10.1. The predicted octanol–water partition coefficient (Wildman–Crippen LogP) is 0.886. The van der Waals surface area contributed by atoms with Crippen molar-refractivity contribution in [2.24, 2.45) is 4.99 Å². The summed E-state index contributed by atoms with van der Waals surface area (Å²) >= 11 is 0. The molecule has 0 spiro atoms. The van der Waals surface area contributed by atoms with Crippen LogP contribution in [0.15, 0.2) is 17.3 Å². The molecule has 0 bridgehead atoms. The van der Waals surface area contributed by atoms with Crippen LogP contribution in [-0.4, -0.2) is 73.7 Å². The maximum atomic E-state index is 12.6. The van der Waals surface area contributed by atoms with Crippen LogP contribution in [-0.2, 0) is 16.2 Å². The van der Waals surface area contributed by atoms with E-state index in [0.717, 1.165) is 12.3 Å². The van der Waals surface area contributed by atoms with Crippen molar-refractivity contribution in [3.05, 3.63) is 18.0 Å². The van der Waals surface area contributed by atoms with Crippen LogP contribution in [0.25, 0.3) is 0 Å². The summed E-state index contributed by atoms with van der Waals surface area (Å²) in [4.78, 5) is 11.3. The number of anilines is 1. The normalized spacial score (nSPS) is 17.2. The van der Waals surface area contributed by atoms with Crippen molar-refractivity contribution in [3.63, 3.8) is 0 Å². The van der Waals surface area contributed by atoms with Gasteiger partial charge < -0.3 is 16.0 Å². The first-order chi connectivity index (χ1) is 13.7. The summed E-state index contributed by atoms with van der Waals surface area (Å²) in [5, 5.41) is 9.01. The van der Waals surface area contributed by atoms with Gasteiger partial charge in [0, 0.05) is 45.5 Å². The monoisotopic (exact) mass is 437 g/mol. The molecule has 29 heavy (non-hydrogen) atoms. The highest BCUT2D eigenvalue weighted by Crippen LogP contribution is 2.27. The smallest absolute Gasteiger partial charge is 0.355 e. The van der Waals surface area contributed by atoms with Crippen molar-refractivity contribution in [1.82, 2.24) is 24.9 Å². The molecule has 1 aromatic heterocycles. The lowest BCUT2D eigenvalue weighted by Gasteiger charge is -2.32. The molecule has 164 valence electrons. The molecule has 2 heterocycles. The molecule has 9 nitrogen and oxygen atoms in total. The minimum Gasteiger partial charge on any atom is -0.355 e. The number of piperidine rings is 1. The summed E-state index contributed by atoms with van der Waals surface area (Å²) < 4.78 is 63.2. The highest BCUT2D eigenvalue weighted by molar-refractivity contribution is 7.89. The number of hydrogen-bond donors (Lipinski definition) is 3. The summed E-state index contributed by atoms with van der Waals surface area (Å²) in [7, 11) is -1.56. The number of hydrogen-bond acceptors (Lipinski definition) is 6. The predicted molar refractivity (Wildman–Crippen MR) is 104 cm³/mol. The van der Waals surface area contributed by atoms with Crippen molar-refractivity contribution in [1.29, 1.82) is 0 Å². The van der Waals surface area contributed by atoms with Gasteiger partial charge >= 0.3 is 6.18 Å². The van der Waals surface area contributed by atoms with E-state index in [1.54, 1.807) is 14.0 Å². The highest BCUT2D eigenvalue weighted by Gasteiger charge is 2.32. The zero-order chi connectivity index (χ0) is 21.5. The first-order valence-electron chi connectivity index (χ1n) is 9.25. The molecule has 0 atom stereocenters.